The van der Waals surface area contributed by atoms with Crippen molar-refractivity contribution in [3.8, 4) is 5.75 Å². The third-order valence-corrected chi connectivity index (χ3v) is 2.44. The molecule has 2 aromatic rings. The van der Waals surface area contributed by atoms with Crippen molar-refractivity contribution in [2.45, 2.75) is 0 Å². The van der Waals surface area contributed by atoms with Crippen molar-refractivity contribution in [3.05, 3.63) is 42.4 Å². The summed E-state index contributed by atoms with van der Waals surface area (Å²) in [5, 5.41) is 13.2. The Bertz CT molecular complexity index is 544. The average Bonchev–Trinajstić information content (AvgIpc) is 2.52. The Morgan fingerprint density at radius 3 is 2.85 bits per heavy atom. The fraction of sp³-hybridized carbons (Fsp3) is 0.231. The second-order valence-corrected chi connectivity index (χ2v) is 3.85. The molecule has 20 heavy (non-hydrogen) atoms. The minimum atomic E-state index is -0.260. The molecule has 2 N–H and O–H groups in total. The number of carbonyl (C=O) groups excluding carboxylic acids is 1. The van der Waals surface area contributed by atoms with Crippen molar-refractivity contribution < 1.29 is 9.53 Å². The maximum absolute atomic E-state index is 11.3. The summed E-state index contributed by atoms with van der Waals surface area (Å²) in [5.41, 5.74) is 0.282. The maximum atomic E-state index is 11.3. The van der Waals surface area contributed by atoms with Crippen molar-refractivity contribution in [2.24, 2.45) is 0 Å². The van der Waals surface area contributed by atoms with E-state index in [0.29, 0.717) is 19.0 Å². The van der Waals surface area contributed by atoms with Crippen LogP contribution in [0.5, 0.6) is 5.75 Å². The number of anilines is 1. The van der Waals surface area contributed by atoms with E-state index in [0.717, 1.165) is 5.75 Å². The van der Waals surface area contributed by atoms with Gasteiger partial charge in [-0.05, 0) is 24.3 Å². The van der Waals surface area contributed by atoms with E-state index in [-0.39, 0.29) is 11.6 Å². The van der Waals surface area contributed by atoms with Crippen LogP contribution in [-0.2, 0) is 0 Å². The van der Waals surface area contributed by atoms with E-state index in [2.05, 4.69) is 25.8 Å². The van der Waals surface area contributed by atoms with E-state index in [1.165, 1.54) is 0 Å². The van der Waals surface area contributed by atoms with Gasteiger partial charge in [0.2, 0.25) is 0 Å². The minimum absolute atomic E-state index is 0.260. The van der Waals surface area contributed by atoms with Crippen LogP contribution < -0.4 is 15.4 Å². The van der Waals surface area contributed by atoms with Crippen LogP contribution in [-0.4, -0.2) is 41.3 Å². The summed E-state index contributed by atoms with van der Waals surface area (Å²) in [6.45, 7) is 1.05. The summed E-state index contributed by atoms with van der Waals surface area (Å²) in [6.07, 6.45) is 3.34. The van der Waals surface area contributed by atoms with Gasteiger partial charge in [-0.25, -0.2) is 0 Å². The number of amides is 1. The van der Waals surface area contributed by atoms with Crippen molar-refractivity contribution in [1.82, 2.24) is 20.5 Å². The fourth-order valence-corrected chi connectivity index (χ4v) is 1.46. The van der Waals surface area contributed by atoms with Gasteiger partial charge in [0.15, 0.2) is 5.69 Å². The molecule has 0 saturated carbocycles. The van der Waals surface area contributed by atoms with Crippen LogP contribution in [0.2, 0.25) is 0 Å². The van der Waals surface area contributed by atoms with Gasteiger partial charge in [-0.3, -0.25) is 9.78 Å². The lowest BCUT2D eigenvalue weighted by molar-refractivity contribution is 0.0957. The lowest BCUT2D eigenvalue weighted by atomic mass is 10.3. The second-order valence-electron chi connectivity index (χ2n) is 3.85. The number of pyridine rings is 1. The fourth-order valence-electron chi connectivity index (χ4n) is 1.46. The molecule has 2 heterocycles. The highest BCUT2D eigenvalue weighted by molar-refractivity contribution is 5.91. The van der Waals surface area contributed by atoms with Crippen LogP contribution >= 0.6 is 0 Å². The largest absolute Gasteiger partial charge is 0.490 e. The molecule has 0 aliphatic rings. The molecule has 0 spiro atoms. The van der Waals surface area contributed by atoms with Gasteiger partial charge in [0.25, 0.3) is 5.91 Å². The first kappa shape index (κ1) is 13.7. The first-order valence-electron chi connectivity index (χ1n) is 6.12. The molecule has 2 rings (SSSR count). The normalized spacial score (nSPS) is 9.85. The Morgan fingerprint density at radius 1 is 1.30 bits per heavy atom. The van der Waals surface area contributed by atoms with E-state index in [1.807, 2.05) is 12.1 Å². The smallest absolute Gasteiger partial charge is 0.271 e. The molecule has 0 atom stereocenters. The molecule has 7 nitrogen and oxygen atoms in total. The molecular weight excluding hydrogens is 258 g/mol. The number of ether oxygens (including phenoxy) is 1. The molecule has 0 aromatic carbocycles. The predicted octanol–water partition coefficient (Wildman–Crippen LogP) is 0.722. The van der Waals surface area contributed by atoms with Gasteiger partial charge in [-0.15, -0.1) is 10.2 Å². The van der Waals surface area contributed by atoms with Crippen molar-refractivity contribution in [1.29, 1.82) is 0 Å². The van der Waals surface area contributed by atoms with Crippen LogP contribution in [0.1, 0.15) is 10.5 Å². The van der Waals surface area contributed by atoms with Gasteiger partial charge in [-0.2, -0.15) is 0 Å². The molecule has 104 valence electrons. The summed E-state index contributed by atoms with van der Waals surface area (Å²) in [6, 6.07) is 6.95. The van der Waals surface area contributed by atoms with Gasteiger partial charge >= 0.3 is 0 Å². The Hall–Kier alpha value is -2.70. The summed E-state index contributed by atoms with van der Waals surface area (Å²) in [5.74, 6) is 1.05. The van der Waals surface area contributed by atoms with E-state index >= 15 is 0 Å². The van der Waals surface area contributed by atoms with Gasteiger partial charge in [0, 0.05) is 13.2 Å². The Labute approximate surface area is 116 Å². The summed E-state index contributed by atoms with van der Waals surface area (Å²) in [4.78, 5) is 15.2. The highest BCUT2D eigenvalue weighted by Crippen LogP contribution is 2.06. The molecule has 0 aliphatic heterocycles. The molecule has 2 aromatic heterocycles. The van der Waals surface area contributed by atoms with Crippen molar-refractivity contribution in [3.63, 3.8) is 0 Å². The number of hydrogen-bond acceptors (Lipinski definition) is 6. The topological polar surface area (TPSA) is 89.0 Å². The van der Waals surface area contributed by atoms with E-state index in [4.69, 9.17) is 4.74 Å². The molecule has 0 aliphatic carbocycles. The number of nitrogens with one attached hydrogen (secondary N) is 2. The number of rotatable bonds is 6. The first-order chi connectivity index (χ1) is 9.79. The zero-order valence-electron chi connectivity index (χ0n) is 11.0. The number of aromatic nitrogens is 3. The van der Waals surface area contributed by atoms with Crippen molar-refractivity contribution in [2.75, 3.05) is 25.5 Å². The monoisotopic (exact) mass is 273 g/mol. The third kappa shape index (κ3) is 3.91. The van der Waals surface area contributed by atoms with Crippen LogP contribution in [0.15, 0.2) is 36.7 Å². The minimum Gasteiger partial charge on any atom is -0.490 e. The second kappa shape index (κ2) is 7.03. The highest BCUT2D eigenvalue weighted by atomic mass is 16.5. The summed E-state index contributed by atoms with van der Waals surface area (Å²) >= 11 is 0. The quantitative estimate of drug-likeness (QED) is 0.754. The molecule has 1 amide bonds. The SMILES string of the molecule is CNC(=O)c1ccc(NCCOc2cccnc2)nn1. The zero-order chi connectivity index (χ0) is 14.2. The van der Waals surface area contributed by atoms with Crippen LogP contribution in [0.25, 0.3) is 0 Å². The van der Waals surface area contributed by atoms with Crippen LogP contribution in [0, 0.1) is 0 Å². The van der Waals surface area contributed by atoms with Crippen LogP contribution in [0.3, 0.4) is 0 Å². The van der Waals surface area contributed by atoms with Crippen molar-refractivity contribution >= 4 is 11.7 Å². The van der Waals surface area contributed by atoms with E-state index in [9.17, 15) is 4.79 Å². The molecule has 7 heteroatoms. The average molecular weight is 273 g/mol. The van der Waals surface area contributed by atoms with Crippen LogP contribution in [0.4, 0.5) is 5.82 Å². The molecular formula is C13H15N5O2. The van der Waals surface area contributed by atoms with Gasteiger partial charge in [0.05, 0.1) is 12.7 Å². The number of carbonyl (C=O) groups is 1. The summed E-state index contributed by atoms with van der Waals surface area (Å²) in [7, 11) is 1.55. The van der Waals surface area contributed by atoms with Gasteiger partial charge < -0.3 is 15.4 Å². The van der Waals surface area contributed by atoms with Gasteiger partial charge in [0.1, 0.15) is 18.2 Å². The standard InChI is InChI=1S/C13H15N5O2/c1-14-13(19)11-4-5-12(18-17-11)16-7-8-20-10-3-2-6-15-9-10/h2-6,9H,7-8H2,1H3,(H,14,19)(H,16,18). The molecule has 0 saturated heterocycles. The summed E-state index contributed by atoms with van der Waals surface area (Å²) < 4.78 is 5.47. The maximum Gasteiger partial charge on any atom is 0.271 e. The highest BCUT2D eigenvalue weighted by Gasteiger charge is 2.04. The predicted molar refractivity (Wildman–Crippen MR) is 73.6 cm³/mol. The molecule has 0 unspecified atom stereocenters. The Kier molecular flexibility index (Phi) is 4.82. The third-order valence-electron chi connectivity index (χ3n) is 2.44. The number of nitrogens with zero attached hydrogens (tertiary/aromatic N) is 3. The lowest BCUT2D eigenvalue weighted by Gasteiger charge is -2.07. The zero-order valence-corrected chi connectivity index (χ0v) is 11.0. The van der Waals surface area contributed by atoms with E-state index in [1.54, 1.807) is 31.6 Å². The Morgan fingerprint density at radius 2 is 2.20 bits per heavy atom. The molecule has 0 bridgehead atoms. The first-order valence-corrected chi connectivity index (χ1v) is 6.12. The van der Waals surface area contributed by atoms with Gasteiger partial charge in [-0.1, -0.05) is 0 Å². The molecule has 0 radical (unpaired) electrons. The number of hydrogen-bond donors (Lipinski definition) is 2. The Balaban J connectivity index is 1.75. The lowest BCUT2D eigenvalue weighted by Crippen LogP contribution is -2.20. The van der Waals surface area contributed by atoms with E-state index < -0.39 is 0 Å². The molecule has 0 fully saturated rings.